The number of hydrogen-bond donors (Lipinski definition) is 5. The minimum absolute atomic E-state index is 0.144. The van der Waals surface area contributed by atoms with Gasteiger partial charge in [0.25, 0.3) is 0 Å². The number of rotatable bonds is 8. The number of piperazine rings is 1. The number of nitrogens with zero attached hydrogens (tertiary/aromatic N) is 5. The van der Waals surface area contributed by atoms with Crippen molar-refractivity contribution in [1.29, 1.82) is 0 Å². The number of hydrogen-bond acceptors (Lipinski definition) is 8. The standard InChI is InChI=1S/C25H33N7O4S.CH3NO2/c1-18(33)28-23-29-21(9-6-19-4-7-20(8-5-19)26-17-27-24(34)35)22(37-23)16-30-12-14-32(15-13-30)25(36)31-10-2-3-11-31;2-1(3)4/h4-5,7-8,17H,2-3,6,9-16H2,1H3,(H,26,27)(H,34,35)(H,28,29,33);2H2,(H,3,4). The van der Waals surface area contributed by atoms with Gasteiger partial charge in [-0.05, 0) is 43.4 Å². The molecule has 2 saturated heterocycles. The van der Waals surface area contributed by atoms with Crippen LogP contribution in [0.4, 0.5) is 25.2 Å². The predicted octanol–water partition coefficient (Wildman–Crippen LogP) is 2.77. The molecule has 1 aromatic heterocycles. The summed E-state index contributed by atoms with van der Waals surface area (Å²) in [5.41, 5.74) is 6.76. The fourth-order valence-corrected chi connectivity index (χ4v) is 5.59. The van der Waals surface area contributed by atoms with Crippen LogP contribution in [0, 0.1) is 0 Å². The van der Waals surface area contributed by atoms with Crippen LogP contribution in [0.15, 0.2) is 29.3 Å². The van der Waals surface area contributed by atoms with Gasteiger partial charge in [-0.2, -0.15) is 0 Å². The van der Waals surface area contributed by atoms with Crippen molar-refractivity contribution in [2.75, 3.05) is 44.6 Å². The Balaban J connectivity index is 0.00000108. The first-order valence-electron chi connectivity index (χ1n) is 13.2. The van der Waals surface area contributed by atoms with Crippen molar-refractivity contribution >= 4 is 52.6 Å². The van der Waals surface area contributed by atoms with Gasteiger partial charge in [0, 0.05) is 57.6 Å². The number of carbonyl (C=O) groups excluding carboxylic acids is 2. The summed E-state index contributed by atoms with van der Waals surface area (Å²) in [6.07, 6.45) is 2.34. The first-order chi connectivity index (χ1) is 19.6. The Morgan fingerprint density at radius 2 is 1.61 bits per heavy atom. The maximum absolute atomic E-state index is 12.7. The Kier molecular flexibility index (Phi) is 11.8. The monoisotopic (exact) mass is 588 g/mol. The average molecular weight is 589 g/mol. The number of nitrogens with two attached hydrogens (primary N) is 1. The first kappa shape index (κ1) is 31.3. The first-order valence-corrected chi connectivity index (χ1v) is 14.0. The number of carboxylic acid groups (broad SMARTS) is 2. The second-order valence-electron chi connectivity index (χ2n) is 9.52. The summed E-state index contributed by atoms with van der Waals surface area (Å²) in [6, 6.07) is 7.76. The topological polar surface area (TPSA) is 194 Å². The van der Waals surface area contributed by atoms with Crippen molar-refractivity contribution in [3.8, 4) is 0 Å². The molecular formula is C26H36N8O6S. The van der Waals surface area contributed by atoms with Crippen LogP contribution in [0.5, 0.6) is 0 Å². The molecule has 1 aromatic carbocycles. The van der Waals surface area contributed by atoms with Crippen molar-refractivity contribution in [3.63, 3.8) is 0 Å². The molecule has 3 heterocycles. The summed E-state index contributed by atoms with van der Waals surface area (Å²) >= 11 is 1.51. The molecule has 0 unspecified atom stereocenters. The molecule has 0 radical (unpaired) electrons. The highest BCUT2D eigenvalue weighted by Gasteiger charge is 2.27. The van der Waals surface area contributed by atoms with Crippen LogP contribution >= 0.6 is 11.3 Å². The molecule has 2 aliphatic heterocycles. The number of urea groups is 1. The Hall–Kier alpha value is -4.24. The van der Waals surface area contributed by atoms with Gasteiger partial charge in [0.15, 0.2) is 5.13 Å². The lowest BCUT2D eigenvalue weighted by Gasteiger charge is -2.36. The summed E-state index contributed by atoms with van der Waals surface area (Å²) in [5, 5.41) is 21.3. The predicted molar refractivity (Wildman–Crippen MR) is 155 cm³/mol. The second kappa shape index (κ2) is 15.5. The quantitative estimate of drug-likeness (QED) is 0.229. The highest BCUT2D eigenvalue weighted by atomic mass is 32.1. The molecule has 0 atom stereocenters. The molecular weight excluding hydrogens is 552 g/mol. The van der Waals surface area contributed by atoms with Crippen LogP contribution in [0.1, 0.15) is 35.9 Å². The second-order valence-corrected chi connectivity index (χ2v) is 10.6. The largest absolute Gasteiger partial charge is 0.465 e. The van der Waals surface area contributed by atoms with E-state index in [4.69, 9.17) is 20.0 Å². The van der Waals surface area contributed by atoms with Gasteiger partial charge in [0.05, 0.1) is 17.7 Å². The number of primary amides is 1. The van der Waals surface area contributed by atoms with Gasteiger partial charge in [0.2, 0.25) is 5.91 Å². The fraction of sp³-hybridized carbons (Fsp3) is 0.462. The third-order valence-corrected chi connectivity index (χ3v) is 7.43. The van der Waals surface area contributed by atoms with Gasteiger partial charge < -0.3 is 31.1 Å². The summed E-state index contributed by atoms with van der Waals surface area (Å²) in [5.74, 6) is -0.144. The van der Waals surface area contributed by atoms with E-state index in [9.17, 15) is 14.4 Å². The lowest BCUT2D eigenvalue weighted by atomic mass is 10.1. The average Bonchev–Trinajstić information content (AvgIpc) is 3.58. The van der Waals surface area contributed by atoms with E-state index in [1.54, 1.807) is 0 Å². The lowest BCUT2D eigenvalue weighted by molar-refractivity contribution is -0.114. The minimum atomic E-state index is -1.33. The molecule has 14 nitrogen and oxygen atoms in total. The Morgan fingerprint density at radius 3 is 2.20 bits per heavy atom. The molecule has 2 fully saturated rings. The van der Waals surface area contributed by atoms with Crippen LogP contribution in [-0.4, -0.2) is 99.6 Å². The number of anilines is 1. The number of likely N-dealkylation sites (tertiary alicyclic amines) is 1. The summed E-state index contributed by atoms with van der Waals surface area (Å²) < 4.78 is 0. The minimum Gasteiger partial charge on any atom is -0.465 e. The maximum atomic E-state index is 12.7. The molecule has 15 heteroatoms. The number of carbonyl (C=O) groups is 4. The highest BCUT2D eigenvalue weighted by Crippen LogP contribution is 2.27. The number of aromatic nitrogens is 1. The van der Waals surface area contributed by atoms with E-state index in [0.717, 1.165) is 94.0 Å². The molecule has 41 heavy (non-hydrogen) atoms. The zero-order valence-electron chi connectivity index (χ0n) is 22.9. The van der Waals surface area contributed by atoms with E-state index in [0.29, 0.717) is 10.8 Å². The molecule has 2 aliphatic rings. The number of aliphatic imine (C=N–C) groups is 1. The van der Waals surface area contributed by atoms with Crippen molar-refractivity contribution < 1.29 is 29.4 Å². The van der Waals surface area contributed by atoms with Gasteiger partial charge in [-0.1, -0.05) is 12.1 Å². The number of amides is 5. The normalized spacial score (nSPS) is 15.3. The summed E-state index contributed by atoms with van der Waals surface area (Å²) in [7, 11) is 0. The van der Waals surface area contributed by atoms with Crippen LogP contribution in [-0.2, 0) is 24.2 Å². The zero-order chi connectivity index (χ0) is 29.8. The van der Waals surface area contributed by atoms with E-state index in [1.165, 1.54) is 18.3 Å². The third kappa shape index (κ3) is 10.7. The van der Waals surface area contributed by atoms with Gasteiger partial charge in [-0.15, -0.1) is 11.3 Å². The Morgan fingerprint density at radius 1 is 1.00 bits per heavy atom. The fourth-order valence-electron chi connectivity index (χ4n) is 4.49. The molecule has 0 saturated carbocycles. The number of thiazole rings is 1. The van der Waals surface area contributed by atoms with Crippen molar-refractivity contribution in [1.82, 2.24) is 25.0 Å². The van der Waals surface area contributed by atoms with Crippen LogP contribution < -0.4 is 16.4 Å². The molecule has 2 aromatic rings. The maximum Gasteiger partial charge on any atom is 0.409 e. The van der Waals surface area contributed by atoms with E-state index >= 15 is 0 Å². The lowest BCUT2D eigenvalue weighted by Crippen LogP contribution is -2.52. The Labute approximate surface area is 241 Å². The number of aryl methyl sites for hydroxylation is 2. The molecule has 5 amide bonds. The van der Waals surface area contributed by atoms with Crippen LogP contribution in [0.25, 0.3) is 0 Å². The van der Waals surface area contributed by atoms with Crippen molar-refractivity contribution in [3.05, 3.63) is 40.4 Å². The van der Waals surface area contributed by atoms with Crippen LogP contribution in [0.2, 0.25) is 0 Å². The van der Waals surface area contributed by atoms with Gasteiger partial charge in [-0.25, -0.2) is 24.4 Å². The smallest absolute Gasteiger partial charge is 0.409 e. The molecule has 0 bridgehead atoms. The van der Waals surface area contributed by atoms with Crippen molar-refractivity contribution in [2.45, 2.75) is 39.2 Å². The molecule has 0 aliphatic carbocycles. The molecule has 6 N–H and O–H groups in total. The third-order valence-electron chi connectivity index (χ3n) is 6.44. The van der Waals surface area contributed by atoms with Crippen LogP contribution in [0.3, 0.4) is 0 Å². The number of benzene rings is 1. The van der Waals surface area contributed by atoms with E-state index in [-0.39, 0.29) is 11.9 Å². The summed E-state index contributed by atoms with van der Waals surface area (Å²) in [4.78, 5) is 59.8. The highest BCUT2D eigenvalue weighted by molar-refractivity contribution is 7.15. The van der Waals surface area contributed by atoms with Gasteiger partial charge in [-0.3, -0.25) is 15.0 Å². The van der Waals surface area contributed by atoms with Gasteiger partial charge >= 0.3 is 18.2 Å². The summed E-state index contributed by atoms with van der Waals surface area (Å²) in [6.45, 7) is 7.02. The number of nitrogens with one attached hydrogen (secondary N) is 2. The van der Waals surface area contributed by atoms with Crippen molar-refractivity contribution in [2.24, 2.45) is 10.7 Å². The van der Waals surface area contributed by atoms with E-state index < -0.39 is 12.2 Å². The molecule has 0 spiro atoms. The Bertz CT molecular complexity index is 1220. The van der Waals surface area contributed by atoms with E-state index in [2.05, 4.69) is 26.3 Å². The molecule has 222 valence electrons. The van der Waals surface area contributed by atoms with E-state index in [1.807, 2.05) is 34.1 Å². The molecule has 4 rings (SSSR count). The zero-order valence-corrected chi connectivity index (χ0v) is 23.7. The SMILES string of the molecule is CC(=O)Nc1nc(CCc2ccc(N=CNC(=O)O)cc2)c(CN2CCN(C(=O)N3CCCC3)CC2)s1.NC(=O)O. The van der Waals surface area contributed by atoms with Gasteiger partial charge in [0.1, 0.15) is 0 Å².